The van der Waals surface area contributed by atoms with E-state index < -0.39 is 0 Å². The van der Waals surface area contributed by atoms with Crippen molar-refractivity contribution in [3.63, 3.8) is 0 Å². The van der Waals surface area contributed by atoms with Gasteiger partial charge in [0.25, 0.3) is 0 Å². The van der Waals surface area contributed by atoms with Crippen molar-refractivity contribution >= 4 is 35.0 Å². The molecule has 3 N–H and O–H groups in total. The Morgan fingerprint density at radius 2 is 1.65 bits per heavy atom. The van der Waals surface area contributed by atoms with Crippen molar-refractivity contribution in [1.29, 1.82) is 0 Å². The Labute approximate surface area is 133 Å². The highest BCUT2D eigenvalue weighted by Gasteiger charge is 2.11. The molecule has 0 aromatic heterocycles. The summed E-state index contributed by atoms with van der Waals surface area (Å²) < 4.78 is 0. The third kappa shape index (κ3) is 4.40. The summed E-state index contributed by atoms with van der Waals surface area (Å²) in [6, 6.07) is 15.8. The lowest BCUT2D eigenvalue weighted by Gasteiger charge is -2.16. The average molecular weight is 327 g/mol. The van der Waals surface area contributed by atoms with Crippen LogP contribution in [-0.2, 0) is 6.42 Å². The monoisotopic (exact) mass is 326 g/mol. The van der Waals surface area contributed by atoms with Crippen LogP contribution in [-0.4, -0.2) is 11.8 Å². The van der Waals surface area contributed by atoms with Crippen molar-refractivity contribution < 1.29 is 0 Å². The maximum absolute atomic E-state index is 6.17. The zero-order valence-electron chi connectivity index (χ0n) is 10.9. The fourth-order valence-corrected chi connectivity index (χ4v) is 3.34. The second-order valence-corrected chi connectivity index (χ2v) is 6.28. The normalized spacial score (nSPS) is 12.3. The van der Waals surface area contributed by atoms with E-state index in [-0.39, 0.29) is 6.04 Å². The summed E-state index contributed by atoms with van der Waals surface area (Å²) in [4.78, 5) is 1.06. The van der Waals surface area contributed by atoms with Gasteiger partial charge in [-0.15, -0.1) is 11.8 Å². The first-order valence-corrected chi connectivity index (χ1v) is 8.01. The Morgan fingerprint density at radius 3 is 2.30 bits per heavy atom. The molecule has 1 unspecified atom stereocenters. The molecule has 0 saturated heterocycles. The summed E-state index contributed by atoms with van der Waals surface area (Å²) in [5.74, 6) is 6.46. The lowest BCUT2D eigenvalue weighted by Crippen LogP contribution is -2.38. The third-order valence-electron chi connectivity index (χ3n) is 2.94. The van der Waals surface area contributed by atoms with Crippen molar-refractivity contribution in [2.24, 2.45) is 5.84 Å². The van der Waals surface area contributed by atoms with Gasteiger partial charge >= 0.3 is 0 Å². The second kappa shape index (κ2) is 7.91. The Morgan fingerprint density at radius 1 is 1.00 bits per heavy atom. The fraction of sp³-hybridized carbons (Fsp3) is 0.200. The van der Waals surface area contributed by atoms with Crippen molar-refractivity contribution in [3.8, 4) is 0 Å². The Balaban J connectivity index is 1.96. The third-order valence-corrected chi connectivity index (χ3v) is 4.98. The van der Waals surface area contributed by atoms with Gasteiger partial charge in [0.15, 0.2) is 0 Å². The fourth-order valence-electron chi connectivity index (χ4n) is 1.85. The van der Waals surface area contributed by atoms with Crippen LogP contribution in [0.5, 0.6) is 0 Å². The quantitative estimate of drug-likeness (QED) is 0.475. The molecule has 2 aromatic rings. The standard InChI is InChI=1S/C15H16Cl2N2S/c16-13-6-2-1-5-11(13)9-12(19-18)10-20-15-8-4-3-7-14(15)17/h1-8,12,19H,9-10,18H2. The molecule has 2 aromatic carbocycles. The van der Waals surface area contributed by atoms with Crippen LogP contribution in [0.2, 0.25) is 10.0 Å². The summed E-state index contributed by atoms with van der Waals surface area (Å²) in [5.41, 5.74) is 3.94. The number of hydrazine groups is 1. The van der Waals surface area contributed by atoms with Crippen LogP contribution in [0.25, 0.3) is 0 Å². The molecule has 0 saturated carbocycles. The van der Waals surface area contributed by atoms with E-state index in [1.807, 2.05) is 48.5 Å². The zero-order chi connectivity index (χ0) is 14.4. The van der Waals surface area contributed by atoms with Gasteiger partial charge in [0.05, 0.1) is 5.02 Å². The number of hydrogen-bond acceptors (Lipinski definition) is 3. The highest BCUT2D eigenvalue weighted by Crippen LogP contribution is 2.27. The predicted octanol–water partition coefficient (Wildman–Crippen LogP) is 4.16. The molecule has 20 heavy (non-hydrogen) atoms. The summed E-state index contributed by atoms with van der Waals surface area (Å²) in [7, 11) is 0. The van der Waals surface area contributed by atoms with Gasteiger partial charge in [-0.2, -0.15) is 0 Å². The number of halogens is 2. The molecule has 0 radical (unpaired) electrons. The minimum absolute atomic E-state index is 0.135. The SMILES string of the molecule is NNC(CSc1ccccc1Cl)Cc1ccccc1Cl. The van der Waals surface area contributed by atoms with Gasteiger partial charge in [-0.3, -0.25) is 11.3 Å². The molecule has 2 rings (SSSR count). The first-order chi connectivity index (χ1) is 9.70. The van der Waals surface area contributed by atoms with Gasteiger partial charge in [-0.05, 0) is 30.2 Å². The van der Waals surface area contributed by atoms with Crippen LogP contribution < -0.4 is 11.3 Å². The predicted molar refractivity (Wildman–Crippen MR) is 88.4 cm³/mol. The number of nitrogens with one attached hydrogen (secondary N) is 1. The number of hydrogen-bond donors (Lipinski definition) is 2. The van der Waals surface area contributed by atoms with E-state index in [1.54, 1.807) is 11.8 Å². The van der Waals surface area contributed by atoms with Gasteiger partial charge in [-0.1, -0.05) is 53.5 Å². The van der Waals surface area contributed by atoms with E-state index in [1.165, 1.54) is 0 Å². The van der Waals surface area contributed by atoms with Crippen LogP contribution in [0.15, 0.2) is 53.4 Å². The smallest absolute Gasteiger partial charge is 0.0541 e. The highest BCUT2D eigenvalue weighted by molar-refractivity contribution is 7.99. The van der Waals surface area contributed by atoms with Crippen molar-refractivity contribution in [1.82, 2.24) is 5.43 Å². The van der Waals surface area contributed by atoms with Gasteiger partial charge in [0.2, 0.25) is 0 Å². The number of thioether (sulfide) groups is 1. The molecule has 5 heteroatoms. The molecule has 0 heterocycles. The van der Waals surface area contributed by atoms with Crippen LogP contribution >= 0.6 is 35.0 Å². The molecule has 0 spiro atoms. The molecule has 1 atom stereocenters. The Bertz CT molecular complexity index is 563. The second-order valence-electron chi connectivity index (χ2n) is 4.40. The van der Waals surface area contributed by atoms with E-state index >= 15 is 0 Å². The molecular formula is C15H16Cl2N2S. The summed E-state index contributed by atoms with van der Waals surface area (Å²) in [5, 5.41) is 1.54. The molecule has 0 aliphatic carbocycles. The number of nitrogens with two attached hydrogens (primary N) is 1. The molecule has 106 valence electrons. The summed E-state index contributed by atoms with van der Waals surface area (Å²) >= 11 is 14.0. The lowest BCUT2D eigenvalue weighted by atomic mass is 10.1. The number of benzene rings is 2. The average Bonchev–Trinajstić information content (AvgIpc) is 2.47. The minimum Gasteiger partial charge on any atom is -0.271 e. The molecule has 0 aliphatic rings. The van der Waals surface area contributed by atoms with Gasteiger partial charge in [0, 0.05) is 21.7 Å². The van der Waals surface area contributed by atoms with Crippen LogP contribution in [0, 0.1) is 0 Å². The van der Waals surface area contributed by atoms with Gasteiger partial charge in [-0.25, -0.2) is 0 Å². The van der Waals surface area contributed by atoms with Crippen LogP contribution in [0.3, 0.4) is 0 Å². The molecule has 0 aliphatic heterocycles. The van der Waals surface area contributed by atoms with Crippen LogP contribution in [0.1, 0.15) is 5.56 Å². The Kier molecular flexibility index (Phi) is 6.20. The molecule has 0 bridgehead atoms. The molecular weight excluding hydrogens is 311 g/mol. The maximum atomic E-state index is 6.17. The minimum atomic E-state index is 0.135. The number of rotatable bonds is 6. The molecule has 0 amide bonds. The molecule has 0 fully saturated rings. The van der Waals surface area contributed by atoms with E-state index in [9.17, 15) is 0 Å². The van der Waals surface area contributed by atoms with Gasteiger partial charge in [0.1, 0.15) is 0 Å². The van der Waals surface area contributed by atoms with E-state index in [0.29, 0.717) is 0 Å². The zero-order valence-corrected chi connectivity index (χ0v) is 13.2. The largest absolute Gasteiger partial charge is 0.271 e. The first kappa shape index (κ1) is 15.7. The highest BCUT2D eigenvalue weighted by atomic mass is 35.5. The summed E-state index contributed by atoms with van der Waals surface area (Å²) in [6.07, 6.45) is 0.785. The lowest BCUT2D eigenvalue weighted by molar-refractivity contribution is 0.575. The maximum Gasteiger partial charge on any atom is 0.0541 e. The first-order valence-electron chi connectivity index (χ1n) is 6.27. The van der Waals surface area contributed by atoms with Crippen molar-refractivity contribution in [2.75, 3.05) is 5.75 Å². The topological polar surface area (TPSA) is 38.0 Å². The van der Waals surface area contributed by atoms with Crippen molar-refractivity contribution in [3.05, 3.63) is 64.1 Å². The summed E-state index contributed by atoms with van der Waals surface area (Å²) in [6.45, 7) is 0. The Hall–Kier alpha value is -0.710. The van der Waals surface area contributed by atoms with E-state index in [0.717, 1.165) is 32.7 Å². The van der Waals surface area contributed by atoms with Crippen molar-refractivity contribution in [2.45, 2.75) is 17.4 Å². The van der Waals surface area contributed by atoms with E-state index in [2.05, 4.69) is 5.43 Å². The van der Waals surface area contributed by atoms with Gasteiger partial charge < -0.3 is 0 Å². The van der Waals surface area contributed by atoms with E-state index in [4.69, 9.17) is 29.0 Å². The molecule has 2 nitrogen and oxygen atoms in total. The van der Waals surface area contributed by atoms with Crippen LogP contribution in [0.4, 0.5) is 0 Å².